The van der Waals surface area contributed by atoms with Gasteiger partial charge in [-0.3, -0.25) is 0 Å². The summed E-state index contributed by atoms with van der Waals surface area (Å²) >= 11 is 0. The van der Waals surface area contributed by atoms with Gasteiger partial charge >= 0.3 is 0 Å². The predicted octanol–water partition coefficient (Wildman–Crippen LogP) is 2.80. The largest absolute Gasteiger partial charge is 0.330 e. The minimum Gasteiger partial charge on any atom is -0.330 e. The Labute approximate surface area is 76.7 Å². The van der Waals surface area contributed by atoms with E-state index in [0.29, 0.717) is 0 Å². The molecule has 0 aromatic rings. The van der Waals surface area contributed by atoms with Crippen LogP contribution in [0, 0.1) is 17.8 Å². The van der Waals surface area contributed by atoms with E-state index < -0.39 is 0 Å². The van der Waals surface area contributed by atoms with Gasteiger partial charge in [0.1, 0.15) is 0 Å². The Morgan fingerprint density at radius 1 is 1.33 bits per heavy atom. The lowest BCUT2D eigenvalue weighted by Crippen LogP contribution is -2.20. The molecule has 1 nitrogen and oxygen atoms in total. The molecule has 0 amide bonds. The van der Waals surface area contributed by atoms with Crippen LogP contribution in [0.3, 0.4) is 0 Å². The van der Waals surface area contributed by atoms with E-state index in [1.165, 1.54) is 32.1 Å². The fourth-order valence-electron chi connectivity index (χ4n) is 2.42. The van der Waals surface area contributed by atoms with Crippen LogP contribution in [0.4, 0.5) is 0 Å². The molecule has 0 aromatic carbocycles. The van der Waals surface area contributed by atoms with Crippen LogP contribution in [0.5, 0.6) is 0 Å². The maximum atomic E-state index is 5.74. The van der Waals surface area contributed by atoms with Crippen LogP contribution in [-0.4, -0.2) is 6.54 Å². The van der Waals surface area contributed by atoms with Crippen LogP contribution in [0.1, 0.15) is 46.0 Å². The van der Waals surface area contributed by atoms with E-state index in [2.05, 4.69) is 13.8 Å². The van der Waals surface area contributed by atoms with Gasteiger partial charge in [-0.05, 0) is 37.1 Å². The maximum absolute atomic E-state index is 5.74. The van der Waals surface area contributed by atoms with Gasteiger partial charge in [0.15, 0.2) is 0 Å². The Bertz CT molecular complexity index is 122. The average molecular weight is 169 g/mol. The summed E-state index contributed by atoms with van der Waals surface area (Å²) in [5, 5.41) is 0. The van der Waals surface area contributed by atoms with Gasteiger partial charge in [0.05, 0.1) is 0 Å². The van der Waals surface area contributed by atoms with E-state index >= 15 is 0 Å². The zero-order valence-corrected chi connectivity index (χ0v) is 8.55. The molecule has 12 heavy (non-hydrogen) atoms. The second-order valence-corrected chi connectivity index (χ2v) is 4.44. The Hall–Kier alpha value is -0.0400. The summed E-state index contributed by atoms with van der Waals surface area (Å²) in [5.41, 5.74) is 5.74. The average Bonchev–Trinajstić information content (AvgIpc) is 2.51. The molecule has 0 heterocycles. The van der Waals surface area contributed by atoms with Crippen molar-refractivity contribution in [2.75, 3.05) is 6.54 Å². The Morgan fingerprint density at radius 2 is 2.00 bits per heavy atom. The van der Waals surface area contributed by atoms with Crippen LogP contribution in [0.2, 0.25) is 0 Å². The zero-order chi connectivity index (χ0) is 8.97. The summed E-state index contributed by atoms with van der Waals surface area (Å²) in [4.78, 5) is 0. The van der Waals surface area contributed by atoms with Gasteiger partial charge in [0.25, 0.3) is 0 Å². The van der Waals surface area contributed by atoms with Crippen molar-refractivity contribution in [2.45, 2.75) is 46.0 Å². The van der Waals surface area contributed by atoms with E-state index in [1.54, 1.807) is 0 Å². The smallest absolute Gasteiger partial charge is 0.00462 e. The first kappa shape index (κ1) is 10.0. The molecule has 0 aromatic heterocycles. The molecular weight excluding hydrogens is 146 g/mol. The van der Waals surface area contributed by atoms with Gasteiger partial charge in [-0.15, -0.1) is 0 Å². The highest BCUT2D eigenvalue weighted by Gasteiger charge is 2.26. The highest BCUT2D eigenvalue weighted by molar-refractivity contribution is 4.79. The van der Waals surface area contributed by atoms with Crippen LogP contribution < -0.4 is 5.73 Å². The first-order valence-electron chi connectivity index (χ1n) is 5.48. The third-order valence-corrected chi connectivity index (χ3v) is 3.52. The van der Waals surface area contributed by atoms with Crippen LogP contribution in [-0.2, 0) is 0 Å². The third kappa shape index (κ3) is 2.48. The molecule has 0 aliphatic heterocycles. The zero-order valence-electron chi connectivity index (χ0n) is 8.55. The lowest BCUT2D eigenvalue weighted by atomic mass is 9.86. The van der Waals surface area contributed by atoms with Crippen molar-refractivity contribution >= 4 is 0 Å². The molecule has 3 unspecified atom stereocenters. The van der Waals surface area contributed by atoms with Gasteiger partial charge in [-0.2, -0.15) is 0 Å². The molecule has 72 valence electrons. The Kier molecular flexibility index (Phi) is 4.07. The summed E-state index contributed by atoms with van der Waals surface area (Å²) < 4.78 is 0. The van der Waals surface area contributed by atoms with Crippen molar-refractivity contribution in [1.29, 1.82) is 0 Å². The number of rotatable bonds is 4. The highest BCUT2D eigenvalue weighted by Crippen LogP contribution is 2.35. The summed E-state index contributed by atoms with van der Waals surface area (Å²) in [5.74, 6) is 2.70. The molecule has 2 N–H and O–H groups in total. The number of hydrogen-bond acceptors (Lipinski definition) is 1. The van der Waals surface area contributed by atoms with E-state index in [9.17, 15) is 0 Å². The summed E-state index contributed by atoms with van der Waals surface area (Å²) in [6, 6.07) is 0. The van der Waals surface area contributed by atoms with Gasteiger partial charge in [0, 0.05) is 0 Å². The Morgan fingerprint density at radius 3 is 2.58 bits per heavy atom. The van der Waals surface area contributed by atoms with E-state index in [1.807, 2.05) is 0 Å². The number of hydrogen-bond donors (Lipinski definition) is 1. The summed E-state index contributed by atoms with van der Waals surface area (Å²) in [6.07, 6.45) is 6.99. The lowest BCUT2D eigenvalue weighted by Gasteiger charge is -2.20. The fraction of sp³-hybridized carbons (Fsp3) is 1.00. The molecule has 0 spiro atoms. The molecule has 1 aliphatic carbocycles. The molecule has 1 heteroatoms. The van der Waals surface area contributed by atoms with E-state index in [-0.39, 0.29) is 0 Å². The van der Waals surface area contributed by atoms with Crippen LogP contribution in [0.15, 0.2) is 0 Å². The van der Waals surface area contributed by atoms with Crippen LogP contribution in [0.25, 0.3) is 0 Å². The topological polar surface area (TPSA) is 26.0 Å². The highest BCUT2D eigenvalue weighted by atomic mass is 14.6. The van der Waals surface area contributed by atoms with Crippen LogP contribution >= 0.6 is 0 Å². The maximum Gasteiger partial charge on any atom is -0.00462 e. The molecule has 0 bridgehead atoms. The van der Waals surface area contributed by atoms with Gasteiger partial charge in [-0.25, -0.2) is 0 Å². The second-order valence-electron chi connectivity index (χ2n) is 4.44. The van der Waals surface area contributed by atoms with Crippen molar-refractivity contribution in [3.63, 3.8) is 0 Å². The second kappa shape index (κ2) is 4.86. The molecule has 1 fully saturated rings. The third-order valence-electron chi connectivity index (χ3n) is 3.52. The van der Waals surface area contributed by atoms with Crippen molar-refractivity contribution in [3.8, 4) is 0 Å². The molecule has 1 rings (SSSR count). The minimum atomic E-state index is 0.846. The first-order chi connectivity index (χ1) is 5.77. The molecule has 0 radical (unpaired) electrons. The fourth-order valence-corrected chi connectivity index (χ4v) is 2.42. The molecular formula is C11H23N. The van der Waals surface area contributed by atoms with E-state index in [0.717, 1.165) is 24.3 Å². The van der Waals surface area contributed by atoms with Gasteiger partial charge in [-0.1, -0.05) is 33.1 Å². The monoisotopic (exact) mass is 169 g/mol. The first-order valence-corrected chi connectivity index (χ1v) is 5.48. The molecule has 0 saturated heterocycles. The normalized spacial score (nSPS) is 32.2. The summed E-state index contributed by atoms with van der Waals surface area (Å²) in [7, 11) is 0. The number of nitrogens with two attached hydrogens (primary N) is 1. The van der Waals surface area contributed by atoms with E-state index in [4.69, 9.17) is 5.73 Å². The van der Waals surface area contributed by atoms with Crippen molar-refractivity contribution in [1.82, 2.24) is 0 Å². The molecule has 1 aliphatic rings. The molecule has 3 atom stereocenters. The Balaban J connectivity index is 2.30. The lowest BCUT2D eigenvalue weighted by molar-refractivity contribution is 0.314. The standard InChI is InChI=1S/C11H23N/c1-3-9(2)7-10-5-4-6-11(10)8-12/h9-11H,3-8,12H2,1-2H3. The van der Waals surface area contributed by atoms with Gasteiger partial charge < -0.3 is 5.73 Å². The predicted molar refractivity (Wildman–Crippen MR) is 54.0 cm³/mol. The van der Waals surface area contributed by atoms with Crippen molar-refractivity contribution < 1.29 is 0 Å². The quantitative estimate of drug-likeness (QED) is 0.688. The van der Waals surface area contributed by atoms with Crippen molar-refractivity contribution in [3.05, 3.63) is 0 Å². The molecule has 1 saturated carbocycles. The minimum absolute atomic E-state index is 0.846. The summed E-state index contributed by atoms with van der Waals surface area (Å²) in [6.45, 7) is 5.57. The van der Waals surface area contributed by atoms with Gasteiger partial charge in [0.2, 0.25) is 0 Å². The van der Waals surface area contributed by atoms with Crippen molar-refractivity contribution in [2.24, 2.45) is 23.5 Å². The SMILES string of the molecule is CCC(C)CC1CCCC1CN.